The zero-order valence-electron chi connectivity index (χ0n) is 20.7. The second-order valence-corrected chi connectivity index (χ2v) is 9.13. The topological polar surface area (TPSA) is 79.5 Å². The van der Waals surface area contributed by atoms with E-state index in [0.29, 0.717) is 5.69 Å². The van der Waals surface area contributed by atoms with Crippen molar-refractivity contribution in [1.29, 1.82) is 0 Å². The van der Waals surface area contributed by atoms with Gasteiger partial charge in [-0.3, -0.25) is 9.78 Å². The van der Waals surface area contributed by atoms with Gasteiger partial charge in [0.1, 0.15) is 5.75 Å². The van der Waals surface area contributed by atoms with E-state index >= 15 is 0 Å². The molecule has 5 nitrogen and oxygen atoms in total. The number of fused-ring (bicyclic) bond motifs is 2. The molecule has 1 aromatic carbocycles. The monoisotopic (exact) mass is 515 g/mol. The van der Waals surface area contributed by atoms with Gasteiger partial charge in [0, 0.05) is 36.3 Å². The molecule has 1 aromatic heterocycles. The minimum Gasteiger partial charge on any atom is -0.506 e. The lowest BCUT2D eigenvalue weighted by molar-refractivity contribution is -0.129. The van der Waals surface area contributed by atoms with Crippen molar-refractivity contribution in [2.45, 2.75) is 73.1 Å². The lowest BCUT2D eigenvalue weighted by Crippen LogP contribution is -2.34. The van der Waals surface area contributed by atoms with E-state index in [1.807, 2.05) is 31.0 Å². The first-order chi connectivity index (χ1) is 15.8. The highest BCUT2D eigenvalue weighted by molar-refractivity contribution is 9.10. The average molecular weight is 517 g/mol. The van der Waals surface area contributed by atoms with Crippen LogP contribution in [0.3, 0.4) is 0 Å². The van der Waals surface area contributed by atoms with Gasteiger partial charge < -0.3 is 15.7 Å². The fraction of sp³-hybridized carbons (Fsp3) is 0.481. The number of benzene rings is 1. The molecule has 2 heterocycles. The number of piperidine rings is 1. The van der Waals surface area contributed by atoms with E-state index < -0.39 is 0 Å². The first-order valence-corrected chi connectivity index (χ1v) is 12.9. The molecule has 2 aromatic rings. The van der Waals surface area contributed by atoms with Crippen molar-refractivity contribution in [2.24, 2.45) is 0 Å². The SMILES string of the molecule is CC.CC(=O)N1CCC(=C2c3cc(N)c(O)cc3CCc3cc(Br)cnc32)CC1.CCCC. The fourth-order valence-electron chi connectivity index (χ4n) is 4.08. The molecule has 1 saturated heterocycles. The number of anilines is 1. The standard InChI is InChI=1S/C21H22BrN3O2.C4H10.C2H6/c1-12(26)25-6-4-13(5-7-25)20-17-10-18(23)19(27)9-14(17)2-3-15-8-16(22)11-24-21(15)20;1-3-4-2;1-2/h8-11,27H,2-7,23H2,1H3;3-4H2,1-2H3;1-2H3. The van der Waals surface area contributed by atoms with Crippen LogP contribution in [-0.2, 0) is 17.6 Å². The number of unbranched alkanes of at least 4 members (excludes halogenated alkanes) is 1. The van der Waals surface area contributed by atoms with E-state index in [9.17, 15) is 9.90 Å². The van der Waals surface area contributed by atoms with Gasteiger partial charge in [0.05, 0.1) is 11.4 Å². The van der Waals surface area contributed by atoms with Crippen LogP contribution in [0.4, 0.5) is 5.69 Å². The van der Waals surface area contributed by atoms with Gasteiger partial charge in [-0.1, -0.05) is 46.1 Å². The summed E-state index contributed by atoms with van der Waals surface area (Å²) < 4.78 is 0.963. The molecule has 180 valence electrons. The van der Waals surface area contributed by atoms with Gasteiger partial charge in [-0.15, -0.1) is 0 Å². The van der Waals surface area contributed by atoms with Crippen molar-refractivity contribution in [3.05, 3.63) is 56.8 Å². The van der Waals surface area contributed by atoms with Gasteiger partial charge in [0.15, 0.2) is 0 Å². The van der Waals surface area contributed by atoms with Crippen molar-refractivity contribution < 1.29 is 9.90 Å². The highest BCUT2D eigenvalue weighted by Crippen LogP contribution is 2.40. The number of nitrogen functional groups attached to an aromatic ring is 1. The zero-order chi connectivity index (χ0) is 24.5. The van der Waals surface area contributed by atoms with E-state index in [2.05, 4.69) is 35.8 Å². The highest BCUT2D eigenvalue weighted by atomic mass is 79.9. The molecule has 1 aliphatic carbocycles. The molecule has 2 aliphatic rings. The molecule has 0 spiro atoms. The number of phenols is 1. The predicted octanol–water partition coefficient (Wildman–Crippen LogP) is 6.51. The second-order valence-electron chi connectivity index (χ2n) is 8.21. The van der Waals surface area contributed by atoms with E-state index in [1.54, 1.807) is 13.0 Å². The van der Waals surface area contributed by atoms with Crippen LogP contribution < -0.4 is 5.73 Å². The maximum Gasteiger partial charge on any atom is 0.219 e. The van der Waals surface area contributed by atoms with E-state index in [1.165, 1.54) is 24.0 Å². The number of likely N-dealkylation sites (tertiary alicyclic amines) is 1. The average Bonchev–Trinajstić information content (AvgIpc) is 2.97. The molecular weight excluding hydrogens is 478 g/mol. The van der Waals surface area contributed by atoms with E-state index in [4.69, 9.17) is 10.7 Å². The summed E-state index contributed by atoms with van der Waals surface area (Å²) in [6.45, 7) is 11.4. The molecule has 6 heteroatoms. The molecule has 0 radical (unpaired) electrons. The second kappa shape index (κ2) is 12.8. The summed E-state index contributed by atoms with van der Waals surface area (Å²) in [6.07, 6.45) is 7.80. The largest absolute Gasteiger partial charge is 0.506 e. The Kier molecular flexibility index (Phi) is 10.4. The number of amides is 1. The summed E-state index contributed by atoms with van der Waals surface area (Å²) in [7, 11) is 0. The molecular formula is C27H38BrN3O2. The third-order valence-corrected chi connectivity index (χ3v) is 6.46. The van der Waals surface area contributed by atoms with Crippen LogP contribution in [0.2, 0.25) is 0 Å². The molecule has 0 saturated carbocycles. The van der Waals surface area contributed by atoms with E-state index in [-0.39, 0.29) is 11.7 Å². The molecule has 1 aliphatic heterocycles. The smallest absolute Gasteiger partial charge is 0.219 e. The van der Waals surface area contributed by atoms with Crippen LogP contribution in [0.1, 0.15) is 82.7 Å². The first-order valence-electron chi connectivity index (χ1n) is 12.1. The van der Waals surface area contributed by atoms with Crippen molar-refractivity contribution in [3.63, 3.8) is 0 Å². The van der Waals surface area contributed by atoms with Gasteiger partial charge in [0.2, 0.25) is 5.91 Å². The van der Waals surface area contributed by atoms with Crippen molar-refractivity contribution in [1.82, 2.24) is 9.88 Å². The predicted molar refractivity (Wildman–Crippen MR) is 141 cm³/mol. The zero-order valence-corrected chi connectivity index (χ0v) is 22.3. The van der Waals surface area contributed by atoms with Gasteiger partial charge in [-0.05, 0) is 76.5 Å². The Morgan fingerprint density at radius 2 is 1.67 bits per heavy atom. The molecule has 0 bridgehead atoms. The van der Waals surface area contributed by atoms with Crippen LogP contribution in [0.15, 0.2) is 34.4 Å². The summed E-state index contributed by atoms with van der Waals surface area (Å²) in [6, 6.07) is 5.79. The molecule has 1 fully saturated rings. The summed E-state index contributed by atoms with van der Waals surface area (Å²) in [5.74, 6) is 0.251. The number of halogens is 1. The molecule has 3 N–H and O–H groups in total. The maximum atomic E-state index is 11.7. The molecule has 0 unspecified atom stereocenters. The van der Waals surface area contributed by atoms with Crippen molar-refractivity contribution >= 4 is 33.1 Å². The number of hydrogen-bond acceptors (Lipinski definition) is 4. The van der Waals surface area contributed by atoms with Crippen molar-refractivity contribution in [2.75, 3.05) is 18.8 Å². The minimum atomic E-state index is 0.122. The summed E-state index contributed by atoms with van der Waals surface area (Å²) in [5.41, 5.74) is 13.2. The number of phenolic OH excluding ortho intramolecular Hbond substituents is 1. The number of aromatic nitrogens is 1. The lowest BCUT2D eigenvalue weighted by atomic mass is 9.88. The number of carbonyl (C=O) groups excluding carboxylic acids is 1. The Morgan fingerprint density at radius 3 is 2.24 bits per heavy atom. The molecule has 0 atom stereocenters. The van der Waals surface area contributed by atoms with Gasteiger partial charge in [0.25, 0.3) is 0 Å². The van der Waals surface area contributed by atoms with Crippen LogP contribution in [0.25, 0.3) is 5.57 Å². The van der Waals surface area contributed by atoms with Crippen LogP contribution >= 0.6 is 15.9 Å². The molecule has 33 heavy (non-hydrogen) atoms. The molecule has 4 rings (SSSR count). The lowest BCUT2D eigenvalue weighted by Gasteiger charge is -2.29. The van der Waals surface area contributed by atoms with Gasteiger partial charge >= 0.3 is 0 Å². The quantitative estimate of drug-likeness (QED) is 0.335. The molecule has 1 amide bonds. The maximum absolute atomic E-state index is 11.7. The Labute approximate surface area is 207 Å². The number of pyridine rings is 1. The van der Waals surface area contributed by atoms with Gasteiger partial charge in [-0.25, -0.2) is 0 Å². The normalized spacial score (nSPS) is 14.7. The Morgan fingerprint density at radius 1 is 1.06 bits per heavy atom. The third kappa shape index (κ3) is 6.59. The van der Waals surface area contributed by atoms with Crippen LogP contribution in [0, 0.1) is 0 Å². The number of hydrogen-bond donors (Lipinski definition) is 2. The number of nitrogens with two attached hydrogens (primary N) is 1. The summed E-state index contributed by atoms with van der Waals surface area (Å²) in [4.78, 5) is 18.3. The third-order valence-electron chi connectivity index (χ3n) is 6.02. The summed E-state index contributed by atoms with van der Waals surface area (Å²) >= 11 is 3.53. The number of aromatic hydroxyl groups is 1. The first kappa shape index (κ1) is 26.9. The number of aryl methyl sites for hydroxylation is 2. The number of carbonyl (C=O) groups is 1. The number of rotatable bonds is 1. The fourth-order valence-corrected chi connectivity index (χ4v) is 4.46. The Hall–Kier alpha value is -2.34. The van der Waals surface area contributed by atoms with Crippen LogP contribution in [0.5, 0.6) is 5.75 Å². The van der Waals surface area contributed by atoms with E-state index in [0.717, 1.165) is 65.6 Å². The minimum absolute atomic E-state index is 0.122. The Balaban J connectivity index is 0.000000582. The summed E-state index contributed by atoms with van der Waals surface area (Å²) in [5, 5.41) is 10.1. The van der Waals surface area contributed by atoms with Crippen molar-refractivity contribution in [3.8, 4) is 5.75 Å². The number of nitrogens with zero attached hydrogens (tertiary/aromatic N) is 2. The Bertz CT molecular complexity index is 989. The highest BCUT2D eigenvalue weighted by Gasteiger charge is 2.26. The van der Waals surface area contributed by atoms with Crippen LogP contribution in [-0.4, -0.2) is 34.0 Å². The van der Waals surface area contributed by atoms with Gasteiger partial charge in [-0.2, -0.15) is 0 Å².